The maximum Gasteiger partial charge on any atom is 0.327 e. The van der Waals surface area contributed by atoms with E-state index in [1.807, 2.05) is 13.8 Å². The van der Waals surface area contributed by atoms with Crippen LogP contribution in [0.4, 0.5) is 0 Å². The number of H-pyrrole nitrogens is 1. The van der Waals surface area contributed by atoms with Crippen LogP contribution < -0.4 is 11.4 Å². The van der Waals surface area contributed by atoms with Gasteiger partial charge in [0.2, 0.25) is 0 Å². The van der Waals surface area contributed by atoms with Crippen LogP contribution in [0.2, 0.25) is 0 Å². The first-order valence-corrected chi connectivity index (χ1v) is 4.81. The van der Waals surface area contributed by atoms with Crippen LogP contribution in [0.25, 0.3) is 11.0 Å². The van der Waals surface area contributed by atoms with Gasteiger partial charge in [-0.05, 0) is 19.9 Å². The van der Waals surface area contributed by atoms with Gasteiger partial charge in [-0.3, -0.25) is 9.55 Å². The fourth-order valence-corrected chi connectivity index (χ4v) is 1.64. The molecule has 80 valence electrons. The van der Waals surface area contributed by atoms with E-state index in [1.54, 1.807) is 23.0 Å². The SMILES string of the molecule is CC(C)(CN)n1c(=O)[nH]c2ccncc21. The van der Waals surface area contributed by atoms with Gasteiger partial charge in [0.1, 0.15) is 0 Å². The quantitative estimate of drug-likeness (QED) is 0.747. The maximum atomic E-state index is 11.8. The van der Waals surface area contributed by atoms with E-state index in [0.29, 0.717) is 6.54 Å². The van der Waals surface area contributed by atoms with Crippen molar-refractivity contribution in [2.24, 2.45) is 5.73 Å². The summed E-state index contributed by atoms with van der Waals surface area (Å²) in [5.74, 6) is 0. The van der Waals surface area contributed by atoms with E-state index < -0.39 is 5.54 Å². The number of imidazole rings is 1. The molecular formula is C10H14N4O. The molecule has 0 aromatic carbocycles. The molecule has 0 atom stereocenters. The number of fused-ring (bicyclic) bond motifs is 1. The van der Waals surface area contributed by atoms with Crippen LogP contribution in [0.3, 0.4) is 0 Å². The first-order valence-electron chi connectivity index (χ1n) is 4.81. The van der Waals surface area contributed by atoms with E-state index in [0.717, 1.165) is 11.0 Å². The van der Waals surface area contributed by atoms with Gasteiger partial charge in [0.15, 0.2) is 0 Å². The van der Waals surface area contributed by atoms with Crippen molar-refractivity contribution in [2.45, 2.75) is 19.4 Å². The minimum Gasteiger partial charge on any atom is -0.328 e. The van der Waals surface area contributed by atoms with Gasteiger partial charge in [0, 0.05) is 12.7 Å². The van der Waals surface area contributed by atoms with Crippen LogP contribution in [0.15, 0.2) is 23.3 Å². The molecule has 2 aromatic heterocycles. The second-order valence-corrected chi connectivity index (χ2v) is 4.17. The van der Waals surface area contributed by atoms with Gasteiger partial charge in [-0.15, -0.1) is 0 Å². The molecule has 0 aliphatic rings. The predicted molar refractivity (Wildman–Crippen MR) is 58.7 cm³/mol. The fraction of sp³-hybridized carbons (Fsp3) is 0.400. The summed E-state index contributed by atoms with van der Waals surface area (Å²) < 4.78 is 1.65. The lowest BCUT2D eigenvalue weighted by Crippen LogP contribution is -2.40. The minimum atomic E-state index is -0.404. The lowest BCUT2D eigenvalue weighted by atomic mass is 10.1. The highest BCUT2D eigenvalue weighted by Gasteiger charge is 2.22. The van der Waals surface area contributed by atoms with Crippen LogP contribution >= 0.6 is 0 Å². The Bertz CT molecular complexity index is 538. The van der Waals surface area contributed by atoms with Crippen LogP contribution in [-0.4, -0.2) is 21.1 Å². The Hall–Kier alpha value is -1.62. The normalized spacial score (nSPS) is 12.2. The largest absolute Gasteiger partial charge is 0.328 e. The average Bonchev–Trinajstić information content (AvgIpc) is 2.54. The molecular weight excluding hydrogens is 192 g/mol. The molecule has 0 fully saturated rings. The zero-order valence-electron chi connectivity index (χ0n) is 8.82. The summed E-state index contributed by atoms with van der Waals surface area (Å²) in [6, 6.07) is 1.78. The summed E-state index contributed by atoms with van der Waals surface area (Å²) in [6.07, 6.45) is 3.32. The average molecular weight is 206 g/mol. The van der Waals surface area contributed by atoms with E-state index in [-0.39, 0.29) is 5.69 Å². The second-order valence-electron chi connectivity index (χ2n) is 4.17. The first-order chi connectivity index (χ1) is 7.06. The lowest BCUT2D eigenvalue weighted by Gasteiger charge is -2.24. The number of rotatable bonds is 2. The molecule has 15 heavy (non-hydrogen) atoms. The van der Waals surface area contributed by atoms with Crippen LogP contribution in [0.1, 0.15) is 13.8 Å². The molecule has 0 spiro atoms. The van der Waals surface area contributed by atoms with Crippen LogP contribution in [0.5, 0.6) is 0 Å². The molecule has 2 heterocycles. The van der Waals surface area contributed by atoms with Gasteiger partial charge in [-0.1, -0.05) is 0 Å². The standard InChI is InChI=1S/C10H14N4O/c1-10(2,6-11)14-8-5-12-4-3-7(8)13-9(14)15/h3-5H,6,11H2,1-2H3,(H,13,15). The predicted octanol–water partition coefficient (Wildman–Crippen LogP) is 0.418. The summed E-state index contributed by atoms with van der Waals surface area (Å²) in [6.45, 7) is 4.25. The Morgan fingerprint density at radius 2 is 2.33 bits per heavy atom. The van der Waals surface area contributed by atoms with E-state index in [2.05, 4.69) is 9.97 Å². The third-order valence-electron chi connectivity index (χ3n) is 2.59. The van der Waals surface area contributed by atoms with Crippen molar-refractivity contribution in [3.8, 4) is 0 Å². The molecule has 0 radical (unpaired) electrons. The number of hydrogen-bond donors (Lipinski definition) is 2. The third-order valence-corrected chi connectivity index (χ3v) is 2.59. The molecule has 5 nitrogen and oxygen atoms in total. The van der Waals surface area contributed by atoms with E-state index in [4.69, 9.17) is 5.73 Å². The molecule has 0 bridgehead atoms. The highest BCUT2D eigenvalue weighted by Crippen LogP contribution is 2.17. The Morgan fingerprint density at radius 3 is 3.00 bits per heavy atom. The number of hydrogen-bond acceptors (Lipinski definition) is 3. The zero-order valence-corrected chi connectivity index (χ0v) is 8.82. The number of pyridine rings is 1. The Labute approximate surface area is 86.9 Å². The van der Waals surface area contributed by atoms with Gasteiger partial charge in [-0.2, -0.15) is 0 Å². The highest BCUT2D eigenvalue weighted by atomic mass is 16.1. The van der Waals surface area contributed by atoms with Crippen molar-refractivity contribution in [3.63, 3.8) is 0 Å². The second kappa shape index (κ2) is 3.20. The monoisotopic (exact) mass is 206 g/mol. The molecule has 0 unspecified atom stereocenters. The first kappa shape index (κ1) is 9.92. The Kier molecular flexibility index (Phi) is 2.12. The number of nitrogens with two attached hydrogens (primary N) is 1. The summed E-state index contributed by atoms with van der Waals surface area (Å²) >= 11 is 0. The van der Waals surface area contributed by atoms with Gasteiger partial charge in [0.25, 0.3) is 0 Å². The molecule has 5 heteroatoms. The van der Waals surface area contributed by atoms with Crippen molar-refractivity contribution in [3.05, 3.63) is 28.9 Å². The topological polar surface area (TPSA) is 76.7 Å². The van der Waals surface area contributed by atoms with Crippen LogP contribution in [0, 0.1) is 0 Å². The molecule has 2 rings (SSSR count). The van der Waals surface area contributed by atoms with Crippen molar-refractivity contribution in [1.82, 2.24) is 14.5 Å². The molecule has 0 aliphatic heterocycles. The number of nitrogens with zero attached hydrogens (tertiary/aromatic N) is 2. The van der Waals surface area contributed by atoms with Gasteiger partial charge >= 0.3 is 5.69 Å². The molecule has 0 aliphatic carbocycles. The van der Waals surface area contributed by atoms with Gasteiger partial charge in [-0.25, -0.2) is 4.79 Å². The summed E-state index contributed by atoms with van der Waals surface area (Å²) in [5, 5.41) is 0. The molecule has 0 amide bonds. The smallest absolute Gasteiger partial charge is 0.327 e. The molecule has 2 aromatic rings. The maximum absolute atomic E-state index is 11.8. The third kappa shape index (κ3) is 1.45. The number of aromatic nitrogens is 3. The Balaban J connectivity index is 2.80. The molecule has 3 N–H and O–H groups in total. The highest BCUT2D eigenvalue weighted by molar-refractivity contribution is 5.74. The summed E-state index contributed by atoms with van der Waals surface area (Å²) in [5.41, 5.74) is 6.69. The van der Waals surface area contributed by atoms with Gasteiger partial charge in [0.05, 0.1) is 22.8 Å². The van der Waals surface area contributed by atoms with E-state index in [1.165, 1.54) is 0 Å². The summed E-state index contributed by atoms with van der Waals surface area (Å²) in [4.78, 5) is 18.6. The number of aromatic amines is 1. The minimum absolute atomic E-state index is 0.145. The van der Waals surface area contributed by atoms with E-state index in [9.17, 15) is 4.79 Å². The lowest BCUT2D eigenvalue weighted by molar-refractivity contribution is 0.367. The van der Waals surface area contributed by atoms with Crippen molar-refractivity contribution >= 4 is 11.0 Å². The van der Waals surface area contributed by atoms with Crippen molar-refractivity contribution in [1.29, 1.82) is 0 Å². The van der Waals surface area contributed by atoms with Crippen molar-refractivity contribution < 1.29 is 0 Å². The molecule has 0 saturated carbocycles. The fourth-order valence-electron chi connectivity index (χ4n) is 1.64. The van der Waals surface area contributed by atoms with Crippen molar-refractivity contribution in [2.75, 3.05) is 6.54 Å². The number of nitrogens with one attached hydrogen (secondary N) is 1. The van der Waals surface area contributed by atoms with E-state index >= 15 is 0 Å². The van der Waals surface area contributed by atoms with Gasteiger partial charge < -0.3 is 10.7 Å². The zero-order chi connectivity index (χ0) is 11.1. The Morgan fingerprint density at radius 1 is 1.60 bits per heavy atom. The summed E-state index contributed by atoms with van der Waals surface area (Å²) in [7, 11) is 0. The van der Waals surface area contributed by atoms with Crippen LogP contribution in [-0.2, 0) is 5.54 Å². The molecule has 0 saturated heterocycles.